The first-order valence-electron chi connectivity index (χ1n) is 8.28. The Morgan fingerprint density at radius 3 is 2.91 bits per heavy atom. The maximum absolute atomic E-state index is 13.5. The monoisotopic (exact) mass is 333 g/mol. The van der Waals surface area contributed by atoms with Crippen molar-refractivity contribution in [2.75, 3.05) is 31.6 Å². The van der Waals surface area contributed by atoms with Gasteiger partial charge in [-0.1, -0.05) is 12.1 Å². The number of benzene rings is 1. The summed E-state index contributed by atoms with van der Waals surface area (Å²) in [7, 11) is 0. The molecule has 0 spiro atoms. The van der Waals surface area contributed by atoms with E-state index < -0.39 is 0 Å². The smallest absolute Gasteiger partial charge is 0.123 e. The number of thioether (sulfide) groups is 1. The van der Waals surface area contributed by atoms with Crippen molar-refractivity contribution < 1.29 is 4.39 Å². The molecule has 124 valence electrons. The summed E-state index contributed by atoms with van der Waals surface area (Å²) in [6.45, 7) is 3.48. The Bertz CT molecular complexity index is 620. The Hall–Kier alpha value is -1.33. The molecule has 0 radical (unpaired) electrons. The second-order valence-corrected chi connectivity index (χ2v) is 7.16. The van der Waals surface area contributed by atoms with Crippen LogP contribution >= 0.6 is 11.8 Å². The van der Waals surface area contributed by atoms with E-state index in [1.807, 2.05) is 24.0 Å². The van der Waals surface area contributed by atoms with Crippen molar-refractivity contribution in [3.8, 4) is 11.1 Å². The number of halogens is 1. The fourth-order valence-electron chi connectivity index (χ4n) is 3.37. The Kier molecular flexibility index (Phi) is 5.73. The van der Waals surface area contributed by atoms with E-state index in [0.717, 1.165) is 37.1 Å². The minimum Gasteiger partial charge on any atom is -0.303 e. The molecule has 0 atom stereocenters. The fraction of sp³-hybridized carbons (Fsp3) is 0.500. The van der Waals surface area contributed by atoms with Crippen LogP contribution < -0.4 is 0 Å². The highest BCUT2D eigenvalue weighted by atomic mass is 32.2. The number of piperidine rings is 1. The number of hydrogen-bond acceptors (Lipinski definition) is 3. The first kappa shape index (κ1) is 16.5. The van der Waals surface area contributed by atoms with E-state index in [2.05, 4.69) is 21.4 Å². The quantitative estimate of drug-likeness (QED) is 0.806. The second-order valence-electron chi connectivity index (χ2n) is 6.17. The molecule has 1 aromatic carbocycles. The number of H-pyrrole nitrogens is 1. The topological polar surface area (TPSA) is 31.9 Å². The van der Waals surface area contributed by atoms with Crippen LogP contribution in [0.1, 0.15) is 30.9 Å². The molecular formula is C18H24FN3S. The first-order valence-corrected chi connectivity index (χ1v) is 9.68. The number of nitrogens with zero attached hydrogens (tertiary/aromatic N) is 2. The lowest BCUT2D eigenvalue weighted by Crippen LogP contribution is -2.34. The summed E-state index contributed by atoms with van der Waals surface area (Å²) in [5, 5.41) is 7.39. The van der Waals surface area contributed by atoms with Crippen LogP contribution in [0, 0.1) is 5.82 Å². The SMILES string of the molecule is CSCCCN1CCC(c2[nH]ncc2-c2cccc(F)c2)CC1. The van der Waals surface area contributed by atoms with E-state index in [9.17, 15) is 4.39 Å². The van der Waals surface area contributed by atoms with Gasteiger partial charge in [0, 0.05) is 17.2 Å². The van der Waals surface area contributed by atoms with E-state index in [4.69, 9.17) is 0 Å². The van der Waals surface area contributed by atoms with Gasteiger partial charge in [0.1, 0.15) is 5.82 Å². The van der Waals surface area contributed by atoms with Gasteiger partial charge in [0.25, 0.3) is 0 Å². The van der Waals surface area contributed by atoms with Gasteiger partial charge in [0.05, 0.1) is 6.20 Å². The highest BCUT2D eigenvalue weighted by Gasteiger charge is 2.24. The normalized spacial score (nSPS) is 16.8. The first-order chi connectivity index (χ1) is 11.3. The molecule has 0 saturated carbocycles. The van der Waals surface area contributed by atoms with Crippen molar-refractivity contribution >= 4 is 11.8 Å². The van der Waals surface area contributed by atoms with Crippen molar-refractivity contribution in [2.24, 2.45) is 0 Å². The van der Waals surface area contributed by atoms with Crippen molar-refractivity contribution in [2.45, 2.75) is 25.2 Å². The van der Waals surface area contributed by atoms with Gasteiger partial charge in [-0.15, -0.1) is 0 Å². The van der Waals surface area contributed by atoms with Crippen LogP contribution in [0.3, 0.4) is 0 Å². The van der Waals surface area contributed by atoms with Gasteiger partial charge in [0.15, 0.2) is 0 Å². The van der Waals surface area contributed by atoms with Crippen molar-refractivity contribution in [1.82, 2.24) is 15.1 Å². The van der Waals surface area contributed by atoms with Gasteiger partial charge in [-0.2, -0.15) is 16.9 Å². The molecular weight excluding hydrogens is 309 g/mol. The van der Waals surface area contributed by atoms with Crippen LogP contribution in [0.15, 0.2) is 30.5 Å². The highest BCUT2D eigenvalue weighted by molar-refractivity contribution is 7.98. The maximum atomic E-state index is 13.5. The van der Waals surface area contributed by atoms with E-state index in [1.165, 1.54) is 30.5 Å². The van der Waals surface area contributed by atoms with Crippen LogP contribution in [-0.4, -0.2) is 46.7 Å². The summed E-state index contributed by atoms with van der Waals surface area (Å²) < 4.78 is 13.5. The molecule has 1 N–H and O–H groups in total. The minimum absolute atomic E-state index is 0.196. The zero-order valence-corrected chi connectivity index (χ0v) is 14.4. The van der Waals surface area contributed by atoms with Gasteiger partial charge in [0.2, 0.25) is 0 Å². The predicted molar refractivity (Wildman–Crippen MR) is 95.4 cm³/mol. The zero-order chi connectivity index (χ0) is 16.1. The number of likely N-dealkylation sites (tertiary alicyclic amines) is 1. The molecule has 3 nitrogen and oxygen atoms in total. The summed E-state index contributed by atoms with van der Waals surface area (Å²) >= 11 is 1.92. The molecule has 23 heavy (non-hydrogen) atoms. The molecule has 0 bridgehead atoms. The Morgan fingerprint density at radius 1 is 1.35 bits per heavy atom. The number of aromatic nitrogens is 2. The lowest BCUT2D eigenvalue weighted by Gasteiger charge is -2.31. The van der Waals surface area contributed by atoms with Crippen molar-refractivity contribution in [1.29, 1.82) is 0 Å². The Labute approximate surface area is 141 Å². The van der Waals surface area contributed by atoms with E-state index in [-0.39, 0.29) is 5.82 Å². The van der Waals surface area contributed by atoms with Crippen LogP contribution in [0.25, 0.3) is 11.1 Å². The second kappa shape index (κ2) is 7.97. The third-order valence-corrected chi connectivity index (χ3v) is 5.32. The molecule has 0 unspecified atom stereocenters. The molecule has 1 saturated heterocycles. The van der Waals surface area contributed by atoms with Gasteiger partial charge < -0.3 is 4.90 Å². The largest absolute Gasteiger partial charge is 0.303 e. The van der Waals surface area contributed by atoms with Crippen LogP contribution in [-0.2, 0) is 0 Å². The molecule has 0 aliphatic carbocycles. The third kappa shape index (κ3) is 4.15. The Morgan fingerprint density at radius 2 is 2.17 bits per heavy atom. The predicted octanol–water partition coefficient (Wildman–Crippen LogP) is 4.15. The molecule has 1 fully saturated rings. The molecule has 5 heteroatoms. The number of hydrogen-bond donors (Lipinski definition) is 1. The standard InChI is InChI=1S/C18H24FN3S/c1-23-11-3-8-22-9-6-14(7-10-22)18-17(13-20-21-18)15-4-2-5-16(19)12-15/h2,4-5,12-14H,3,6-11H2,1H3,(H,20,21). The van der Waals surface area contributed by atoms with Gasteiger partial charge in [-0.05, 0) is 68.6 Å². The highest BCUT2D eigenvalue weighted by Crippen LogP contribution is 2.34. The minimum atomic E-state index is -0.196. The zero-order valence-electron chi connectivity index (χ0n) is 13.6. The maximum Gasteiger partial charge on any atom is 0.123 e. The lowest BCUT2D eigenvalue weighted by atomic mass is 9.89. The lowest BCUT2D eigenvalue weighted by molar-refractivity contribution is 0.212. The average molecular weight is 333 g/mol. The summed E-state index contributed by atoms with van der Waals surface area (Å²) in [5.41, 5.74) is 3.13. The van der Waals surface area contributed by atoms with E-state index in [0.29, 0.717) is 5.92 Å². The van der Waals surface area contributed by atoms with Crippen LogP contribution in [0.5, 0.6) is 0 Å². The summed E-state index contributed by atoms with van der Waals surface area (Å²) in [6.07, 6.45) is 7.55. The van der Waals surface area contributed by atoms with Gasteiger partial charge in [-0.3, -0.25) is 5.10 Å². The summed E-state index contributed by atoms with van der Waals surface area (Å²) in [4.78, 5) is 2.56. The van der Waals surface area contributed by atoms with Crippen molar-refractivity contribution in [3.63, 3.8) is 0 Å². The van der Waals surface area contributed by atoms with Gasteiger partial charge >= 0.3 is 0 Å². The molecule has 1 aliphatic rings. The molecule has 1 aliphatic heterocycles. The summed E-state index contributed by atoms with van der Waals surface area (Å²) in [6, 6.07) is 6.78. The number of aromatic amines is 1. The van der Waals surface area contributed by atoms with E-state index in [1.54, 1.807) is 12.1 Å². The van der Waals surface area contributed by atoms with Gasteiger partial charge in [-0.25, -0.2) is 4.39 Å². The molecule has 2 aromatic rings. The average Bonchev–Trinajstić information content (AvgIpc) is 3.05. The summed E-state index contributed by atoms with van der Waals surface area (Å²) in [5.74, 6) is 1.54. The van der Waals surface area contributed by atoms with Crippen molar-refractivity contribution in [3.05, 3.63) is 42.0 Å². The molecule has 2 heterocycles. The van der Waals surface area contributed by atoms with Crippen LogP contribution in [0.4, 0.5) is 4.39 Å². The Balaban J connectivity index is 1.65. The van der Waals surface area contributed by atoms with E-state index >= 15 is 0 Å². The van der Waals surface area contributed by atoms with Crippen LogP contribution in [0.2, 0.25) is 0 Å². The molecule has 1 aromatic heterocycles. The number of nitrogens with one attached hydrogen (secondary N) is 1. The fourth-order valence-corrected chi connectivity index (χ4v) is 3.79. The molecule has 0 amide bonds. The third-order valence-electron chi connectivity index (χ3n) is 4.62. The number of rotatable bonds is 6. The molecule has 3 rings (SSSR count).